The molecule has 1 nitrogen and oxygen atoms in total. The molecule has 0 aromatic carbocycles. The summed E-state index contributed by atoms with van der Waals surface area (Å²) in [5.74, 6) is 0. The molecular weight excluding hydrogens is 336 g/mol. The van der Waals surface area contributed by atoms with E-state index in [1.165, 1.54) is 76.3 Å². The van der Waals surface area contributed by atoms with Crippen LogP contribution in [0.15, 0.2) is 24.3 Å². The molecule has 0 saturated heterocycles. The number of rotatable bonds is 16. The molecule has 0 fully saturated rings. The summed E-state index contributed by atoms with van der Waals surface area (Å²) in [6.45, 7) is 13.9. The van der Waals surface area contributed by atoms with Gasteiger partial charge in [0.05, 0.1) is 0 Å². The number of allylic oxidation sites excluding steroid dienone is 4. The molecule has 0 aromatic rings. The average Bonchev–Trinajstić information content (AvgIpc) is 2.51. The first-order valence-corrected chi connectivity index (χ1v) is 17.0. The lowest BCUT2D eigenvalue weighted by molar-refractivity contribution is 0.519. The van der Waals surface area contributed by atoms with Gasteiger partial charge in [-0.25, -0.2) is 0 Å². The van der Waals surface area contributed by atoms with Crippen LogP contribution < -0.4 is 0 Å². The first-order chi connectivity index (χ1) is 11.8. The minimum atomic E-state index is -1.50. The molecule has 0 aliphatic carbocycles. The molecule has 0 atom stereocenters. The topological polar surface area (TPSA) is 9.23 Å². The van der Waals surface area contributed by atoms with Crippen molar-refractivity contribution in [2.75, 3.05) is 0 Å². The predicted molar refractivity (Wildman–Crippen MR) is 121 cm³/mol. The summed E-state index contributed by atoms with van der Waals surface area (Å²) < 4.78 is 6.77. The fourth-order valence-electron chi connectivity index (χ4n) is 3.53. The lowest BCUT2D eigenvalue weighted by atomic mass is 10.1. The largest absolute Gasteiger partial charge is 0.456 e. The molecule has 0 unspecified atom stereocenters. The molecule has 0 amide bonds. The Bertz CT molecular complexity index is 332. The maximum Gasteiger partial charge on any atom is 0.176 e. The van der Waals surface area contributed by atoms with Crippen LogP contribution in [0, 0.1) is 0 Å². The smallest absolute Gasteiger partial charge is 0.176 e. The zero-order valence-electron chi connectivity index (χ0n) is 18.2. The molecule has 3 heteroatoms. The van der Waals surface area contributed by atoms with Crippen LogP contribution in [0.4, 0.5) is 0 Å². The normalized spacial score (nSPS) is 15.3. The maximum absolute atomic E-state index is 6.77. The zero-order chi connectivity index (χ0) is 19.0. The van der Waals surface area contributed by atoms with Gasteiger partial charge in [-0.2, -0.15) is 0 Å². The van der Waals surface area contributed by atoms with Gasteiger partial charge < -0.3 is 4.12 Å². The van der Waals surface area contributed by atoms with E-state index in [0.29, 0.717) is 0 Å². The maximum atomic E-state index is 6.77. The van der Waals surface area contributed by atoms with Crippen molar-refractivity contribution in [2.24, 2.45) is 0 Å². The number of hydrogen-bond acceptors (Lipinski definition) is 1. The van der Waals surface area contributed by atoms with Crippen molar-refractivity contribution in [2.45, 2.75) is 116 Å². The molecule has 148 valence electrons. The van der Waals surface area contributed by atoms with Crippen molar-refractivity contribution in [1.29, 1.82) is 0 Å². The third-order valence-electron chi connectivity index (χ3n) is 4.68. The summed E-state index contributed by atoms with van der Waals surface area (Å²) in [7, 11) is -2.92. The van der Waals surface area contributed by atoms with Crippen molar-refractivity contribution in [1.82, 2.24) is 0 Å². The van der Waals surface area contributed by atoms with Gasteiger partial charge >= 0.3 is 0 Å². The molecule has 25 heavy (non-hydrogen) atoms. The van der Waals surface area contributed by atoms with Gasteiger partial charge in [0, 0.05) is 0 Å². The van der Waals surface area contributed by atoms with Gasteiger partial charge in [-0.15, -0.1) is 0 Å². The van der Waals surface area contributed by atoms with Crippen LogP contribution in [-0.4, -0.2) is 16.6 Å². The van der Waals surface area contributed by atoms with Crippen LogP contribution in [-0.2, 0) is 4.12 Å². The minimum Gasteiger partial charge on any atom is -0.456 e. The molecule has 0 saturated carbocycles. The van der Waals surface area contributed by atoms with E-state index in [1.54, 1.807) is 0 Å². The lowest BCUT2D eigenvalue weighted by Crippen LogP contribution is -2.44. The highest BCUT2D eigenvalue weighted by Gasteiger charge is 2.33. The Labute approximate surface area is 161 Å². The van der Waals surface area contributed by atoms with E-state index in [4.69, 9.17) is 4.12 Å². The quantitative estimate of drug-likeness (QED) is 0.148. The van der Waals surface area contributed by atoms with E-state index in [1.807, 2.05) is 0 Å². The van der Waals surface area contributed by atoms with E-state index in [2.05, 4.69) is 64.3 Å². The van der Waals surface area contributed by atoms with E-state index in [-0.39, 0.29) is 0 Å². The van der Waals surface area contributed by atoms with Crippen LogP contribution in [0.25, 0.3) is 0 Å². The van der Waals surface area contributed by atoms with Gasteiger partial charge in [0.15, 0.2) is 16.6 Å². The van der Waals surface area contributed by atoms with E-state index < -0.39 is 16.6 Å². The van der Waals surface area contributed by atoms with E-state index in [0.717, 1.165) is 0 Å². The monoisotopic (exact) mass is 382 g/mol. The number of hydrogen-bond donors (Lipinski definition) is 0. The van der Waals surface area contributed by atoms with Gasteiger partial charge in [0.25, 0.3) is 0 Å². The van der Waals surface area contributed by atoms with Gasteiger partial charge in [-0.05, 0) is 77.8 Å². The highest BCUT2D eigenvalue weighted by Crippen LogP contribution is 2.28. The van der Waals surface area contributed by atoms with Gasteiger partial charge in [-0.3, -0.25) is 0 Å². The van der Waals surface area contributed by atoms with Crippen LogP contribution in [0.3, 0.4) is 0 Å². The fourth-order valence-corrected chi connectivity index (χ4v) is 12.5. The average molecular weight is 383 g/mol. The second kappa shape index (κ2) is 15.0. The zero-order valence-corrected chi connectivity index (χ0v) is 20.2. The second-order valence-electron chi connectivity index (χ2n) is 8.71. The highest BCUT2D eigenvalue weighted by molar-refractivity contribution is 6.84. The first kappa shape index (κ1) is 24.9. The molecule has 0 aliphatic rings. The Kier molecular flexibility index (Phi) is 14.9. The van der Waals surface area contributed by atoms with Crippen molar-refractivity contribution in [3.63, 3.8) is 0 Å². The Morgan fingerprint density at radius 2 is 1.00 bits per heavy atom. The third-order valence-corrected chi connectivity index (χ3v) is 11.9. The van der Waals surface area contributed by atoms with E-state index >= 15 is 0 Å². The number of unbranched alkanes of at least 4 members (excludes halogenated alkanes) is 8. The SMILES string of the molecule is CC=CCCCCCC[Si](C)(CCCCCCC=CC)O[Si](C)(C)C. The summed E-state index contributed by atoms with van der Waals surface area (Å²) in [5.41, 5.74) is 0. The molecule has 0 aromatic heterocycles. The van der Waals surface area contributed by atoms with Crippen molar-refractivity contribution < 1.29 is 4.12 Å². The summed E-state index contributed by atoms with van der Waals surface area (Å²) in [4.78, 5) is 0. The van der Waals surface area contributed by atoms with Gasteiger partial charge in [-0.1, -0.05) is 62.8 Å². The van der Waals surface area contributed by atoms with Crippen molar-refractivity contribution >= 4 is 16.6 Å². The third kappa shape index (κ3) is 17.1. The standard InChI is InChI=1S/C22H46OSi2/c1-7-9-11-13-15-17-19-21-25(6,23-24(3,4)5)22-20-18-16-14-12-10-8-2/h7-10H,11-22H2,1-6H3. The van der Waals surface area contributed by atoms with Crippen LogP contribution in [0.2, 0.25) is 38.3 Å². The van der Waals surface area contributed by atoms with E-state index in [9.17, 15) is 0 Å². The van der Waals surface area contributed by atoms with Crippen LogP contribution >= 0.6 is 0 Å². The van der Waals surface area contributed by atoms with Crippen molar-refractivity contribution in [3.05, 3.63) is 24.3 Å². The second-order valence-corrected chi connectivity index (χ2v) is 17.6. The summed E-state index contributed by atoms with van der Waals surface area (Å²) >= 11 is 0. The molecule has 0 spiro atoms. The predicted octanol–water partition coefficient (Wildman–Crippen LogP) is 8.47. The summed E-state index contributed by atoms with van der Waals surface area (Å²) in [5, 5.41) is 0. The first-order valence-electron chi connectivity index (χ1n) is 10.8. The highest BCUT2D eigenvalue weighted by atomic mass is 28.4. The minimum absolute atomic E-state index is 1.25. The molecule has 0 rings (SSSR count). The van der Waals surface area contributed by atoms with Gasteiger partial charge in [0.1, 0.15) is 0 Å². The Morgan fingerprint density at radius 1 is 0.600 bits per heavy atom. The Balaban J connectivity index is 4.11. The Morgan fingerprint density at radius 3 is 1.36 bits per heavy atom. The Hall–Kier alpha value is -0.126. The fraction of sp³-hybridized carbons (Fsp3) is 0.818. The van der Waals surface area contributed by atoms with Crippen LogP contribution in [0.5, 0.6) is 0 Å². The molecule has 0 bridgehead atoms. The van der Waals surface area contributed by atoms with Gasteiger partial charge in [0.2, 0.25) is 0 Å². The molecule has 0 N–H and O–H groups in total. The molecule has 0 radical (unpaired) electrons. The summed E-state index contributed by atoms with van der Waals surface area (Å²) in [6.07, 6.45) is 22.4. The molecule has 0 aliphatic heterocycles. The lowest BCUT2D eigenvalue weighted by Gasteiger charge is -2.35. The molecule has 0 heterocycles. The summed E-state index contributed by atoms with van der Waals surface area (Å²) in [6, 6.07) is 2.75. The molecular formula is C22H46OSi2. The van der Waals surface area contributed by atoms with Crippen LogP contribution in [0.1, 0.15) is 78.1 Å². The van der Waals surface area contributed by atoms with Crippen molar-refractivity contribution in [3.8, 4) is 0 Å².